The molecule has 0 saturated carbocycles. The summed E-state index contributed by atoms with van der Waals surface area (Å²) in [6.45, 7) is 8.56. The lowest BCUT2D eigenvalue weighted by atomic mass is 9.66. The van der Waals surface area contributed by atoms with Crippen LogP contribution in [0.5, 0.6) is 0 Å². The summed E-state index contributed by atoms with van der Waals surface area (Å²) >= 11 is 0. The smallest absolute Gasteiger partial charge is 0.336 e. The number of carboxylic acid groups (broad SMARTS) is 1. The molecule has 0 bridgehead atoms. The fourth-order valence-corrected chi connectivity index (χ4v) is 5.91. The Bertz CT molecular complexity index is 1440. The van der Waals surface area contributed by atoms with E-state index < -0.39 is 11.4 Å². The Morgan fingerprint density at radius 2 is 1.25 bits per heavy atom. The molecular formula is C32H32N2O2. The third kappa shape index (κ3) is 3.32. The molecule has 0 saturated heterocycles. The van der Waals surface area contributed by atoms with Crippen molar-refractivity contribution in [3.63, 3.8) is 0 Å². The normalized spacial score (nSPS) is 13.6. The first kappa shape index (κ1) is 23.7. The van der Waals surface area contributed by atoms with Crippen molar-refractivity contribution in [2.75, 3.05) is 11.5 Å². The Labute approximate surface area is 212 Å². The third-order valence-electron chi connectivity index (χ3n) is 7.58. The summed E-state index contributed by atoms with van der Waals surface area (Å²) in [4.78, 5) is 12.4. The van der Waals surface area contributed by atoms with Crippen molar-refractivity contribution in [2.45, 2.75) is 44.9 Å². The lowest BCUT2D eigenvalue weighted by molar-refractivity contribution is 0.0697. The summed E-state index contributed by atoms with van der Waals surface area (Å²) in [5, 5.41) is 10.2. The molecule has 0 fully saturated rings. The molecule has 0 amide bonds. The molecule has 0 spiro atoms. The topological polar surface area (TPSA) is 89.3 Å². The van der Waals surface area contributed by atoms with Gasteiger partial charge in [-0.2, -0.15) is 0 Å². The standard InChI is InChI=1S/C32H32N2O2/c1-18(2)24-16-20(12-14-28(24)33)32(21-13-15-29(34)25(17-21)19(3)4)26-10-6-5-8-22(26)30-23(31(35)36)9-7-11-27(30)32/h5-19H,33-34H2,1-4H3,(H,35,36). The molecule has 0 aliphatic heterocycles. The van der Waals surface area contributed by atoms with Gasteiger partial charge in [-0.25, -0.2) is 4.79 Å². The van der Waals surface area contributed by atoms with E-state index in [2.05, 4.69) is 64.1 Å². The Morgan fingerprint density at radius 1 is 0.722 bits per heavy atom. The maximum Gasteiger partial charge on any atom is 0.336 e. The minimum Gasteiger partial charge on any atom is -0.478 e. The molecule has 5 N–H and O–H groups in total. The van der Waals surface area contributed by atoms with Gasteiger partial charge in [0.05, 0.1) is 11.0 Å². The van der Waals surface area contributed by atoms with Gasteiger partial charge >= 0.3 is 5.97 Å². The summed E-state index contributed by atoms with van der Waals surface area (Å²) in [5.41, 5.74) is 21.9. The predicted molar refractivity (Wildman–Crippen MR) is 148 cm³/mol. The van der Waals surface area contributed by atoms with Gasteiger partial charge in [0.2, 0.25) is 0 Å². The van der Waals surface area contributed by atoms with Gasteiger partial charge in [0.1, 0.15) is 0 Å². The van der Waals surface area contributed by atoms with Crippen LogP contribution in [0, 0.1) is 0 Å². The second-order valence-electron chi connectivity index (χ2n) is 10.3. The molecule has 4 heteroatoms. The molecule has 1 aliphatic rings. The highest BCUT2D eigenvalue weighted by molar-refractivity contribution is 6.01. The van der Waals surface area contributed by atoms with Crippen molar-refractivity contribution in [3.05, 3.63) is 118 Å². The number of nitrogen functional groups attached to an aromatic ring is 2. The monoisotopic (exact) mass is 476 g/mol. The molecule has 4 aromatic rings. The molecule has 0 radical (unpaired) electrons. The average Bonchev–Trinajstić information content (AvgIpc) is 3.15. The second kappa shape index (κ2) is 8.56. The molecule has 5 rings (SSSR count). The third-order valence-corrected chi connectivity index (χ3v) is 7.58. The number of hydrogen-bond donors (Lipinski definition) is 3. The molecule has 182 valence electrons. The van der Waals surface area contributed by atoms with Crippen molar-refractivity contribution in [2.24, 2.45) is 0 Å². The number of carboxylic acids is 1. The van der Waals surface area contributed by atoms with Gasteiger partial charge in [0.25, 0.3) is 0 Å². The van der Waals surface area contributed by atoms with Crippen LogP contribution in [-0.2, 0) is 5.41 Å². The molecular weight excluding hydrogens is 444 g/mol. The first-order chi connectivity index (χ1) is 17.2. The van der Waals surface area contributed by atoms with E-state index in [9.17, 15) is 9.90 Å². The van der Waals surface area contributed by atoms with Crippen LogP contribution in [-0.4, -0.2) is 11.1 Å². The molecule has 1 aliphatic carbocycles. The zero-order valence-electron chi connectivity index (χ0n) is 21.2. The lowest BCUT2D eigenvalue weighted by Crippen LogP contribution is -2.29. The van der Waals surface area contributed by atoms with E-state index >= 15 is 0 Å². The van der Waals surface area contributed by atoms with Crippen LogP contribution in [0.15, 0.2) is 78.9 Å². The van der Waals surface area contributed by atoms with Crippen LogP contribution in [0.25, 0.3) is 11.1 Å². The minimum absolute atomic E-state index is 0.237. The van der Waals surface area contributed by atoms with Crippen LogP contribution >= 0.6 is 0 Å². The molecule has 0 unspecified atom stereocenters. The summed E-state index contributed by atoms with van der Waals surface area (Å²) in [5.74, 6) is -0.458. The Kier molecular flexibility index (Phi) is 5.63. The zero-order chi connectivity index (χ0) is 25.8. The quantitative estimate of drug-likeness (QED) is 0.235. The fourth-order valence-electron chi connectivity index (χ4n) is 5.91. The highest BCUT2D eigenvalue weighted by atomic mass is 16.4. The minimum atomic E-state index is -0.933. The first-order valence-corrected chi connectivity index (χ1v) is 12.4. The summed E-state index contributed by atoms with van der Waals surface area (Å²) in [7, 11) is 0. The van der Waals surface area contributed by atoms with Gasteiger partial charge in [0.15, 0.2) is 0 Å². The van der Waals surface area contributed by atoms with Gasteiger partial charge < -0.3 is 16.6 Å². The highest BCUT2D eigenvalue weighted by Gasteiger charge is 2.47. The molecule has 36 heavy (non-hydrogen) atoms. The Hall–Kier alpha value is -4.05. The number of fused-ring (bicyclic) bond motifs is 3. The Morgan fingerprint density at radius 3 is 1.78 bits per heavy atom. The number of nitrogens with two attached hydrogens (primary N) is 2. The average molecular weight is 477 g/mol. The van der Waals surface area contributed by atoms with E-state index in [4.69, 9.17) is 11.5 Å². The number of hydrogen-bond acceptors (Lipinski definition) is 3. The molecule has 4 aromatic carbocycles. The predicted octanol–water partition coefficient (Wildman–Crippen LogP) is 7.16. The van der Waals surface area contributed by atoms with E-state index in [0.717, 1.165) is 55.9 Å². The second-order valence-corrected chi connectivity index (χ2v) is 10.3. The van der Waals surface area contributed by atoms with E-state index in [1.165, 1.54) is 0 Å². The molecule has 4 nitrogen and oxygen atoms in total. The molecule has 0 aromatic heterocycles. The maximum atomic E-state index is 12.4. The van der Waals surface area contributed by atoms with Crippen LogP contribution in [0.3, 0.4) is 0 Å². The van der Waals surface area contributed by atoms with Gasteiger partial charge in [-0.1, -0.05) is 88.4 Å². The zero-order valence-corrected chi connectivity index (χ0v) is 21.2. The first-order valence-electron chi connectivity index (χ1n) is 12.4. The number of aromatic carboxylic acids is 1. The van der Waals surface area contributed by atoms with E-state index in [1.807, 2.05) is 36.4 Å². The highest BCUT2D eigenvalue weighted by Crippen LogP contribution is 2.57. The number of benzene rings is 4. The van der Waals surface area contributed by atoms with Crippen LogP contribution in [0.1, 0.15) is 83.3 Å². The summed E-state index contributed by atoms with van der Waals surface area (Å²) in [6.07, 6.45) is 0. The number of anilines is 2. The summed E-state index contributed by atoms with van der Waals surface area (Å²) in [6, 6.07) is 26.3. The van der Waals surface area contributed by atoms with Crippen molar-refractivity contribution in [1.82, 2.24) is 0 Å². The van der Waals surface area contributed by atoms with Crippen molar-refractivity contribution >= 4 is 17.3 Å². The van der Waals surface area contributed by atoms with Crippen LogP contribution in [0.2, 0.25) is 0 Å². The van der Waals surface area contributed by atoms with E-state index in [1.54, 1.807) is 6.07 Å². The van der Waals surface area contributed by atoms with Gasteiger partial charge in [-0.05, 0) is 69.0 Å². The van der Waals surface area contributed by atoms with Crippen molar-refractivity contribution in [3.8, 4) is 11.1 Å². The van der Waals surface area contributed by atoms with Crippen molar-refractivity contribution < 1.29 is 9.90 Å². The van der Waals surface area contributed by atoms with Crippen LogP contribution in [0.4, 0.5) is 11.4 Å². The van der Waals surface area contributed by atoms with Gasteiger partial charge in [-0.3, -0.25) is 0 Å². The van der Waals surface area contributed by atoms with Gasteiger partial charge in [-0.15, -0.1) is 0 Å². The number of carbonyl (C=O) groups is 1. The maximum absolute atomic E-state index is 12.4. The lowest BCUT2D eigenvalue weighted by Gasteiger charge is -2.35. The van der Waals surface area contributed by atoms with Crippen molar-refractivity contribution in [1.29, 1.82) is 0 Å². The summed E-state index contributed by atoms with van der Waals surface area (Å²) < 4.78 is 0. The van der Waals surface area contributed by atoms with Gasteiger partial charge in [0, 0.05) is 16.9 Å². The van der Waals surface area contributed by atoms with E-state index in [-0.39, 0.29) is 11.8 Å². The Balaban J connectivity index is 1.99. The largest absolute Gasteiger partial charge is 0.478 e. The molecule has 0 heterocycles. The fraction of sp³-hybridized carbons (Fsp3) is 0.219. The number of rotatable bonds is 5. The van der Waals surface area contributed by atoms with Crippen LogP contribution < -0.4 is 11.5 Å². The SMILES string of the molecule is CC(C)c1cc(C2(c3ccc(N)c(C(C)C)c3)c3ccccc3-c3c(C(=O)O)cccc32)ccc1N. The molecule has 0 atom stereocenters. The van der Waals surface area contributed by atoms with E-state index in [0.29, 0.717) is 5.56 Å².